The van der Waals surface area contributed by atoms with Crippen molar-refractivity contribution in [3.8, 4) is 0 Å². The molecule has 1 saturated heterocycles. The zero-order valence-electron chi connectivity index (χ0n) is 16.3. The summed E-state index contributed by atoms with van der Waals surface area (Å²) < 4.78 is 29.7. The van der Waals surface area contributed by atoms with Gasteiger partial charge in [0.15, 0.2) is 0 Å². The molecule has 10 heteroatoms. The first kappa shape index (κ1) is 21.8. The van der Waals surface area contributed by atoms with Crippen LogP contribution in [0.4, 0.5) is 11.5 Å². The van der Waals surface area contributed by atoms with Gasteiger partial charge in [0.25, 0.3) is 9.05 Å². The highest BCUT2D eigenvalue weighted by Crippen LogP contribution is 2.31. The SMILES string of the molecule is O=C(Cc1ccccc1Cl)Nc1cc(S(=O)(=O)Cl)c2ccc(N3CCOCC3)nc2c1. The lowest BCUT2D eigenvalue weighted by atomic mass is 10.1. The van der Waals surface area contributed by atoms with E-state index in [0.717, 1.165) is 0 Å². The number of hydrogen-bond donors (Lipinski definition) is 1. The normalized spacial score (nSPS) is 14.6. The Morgan fingerprint density at radius 1 is 1.13 bits per heavy atom. The van der Waals surface area contributed by atoms with Crippen LogP contribution in [0.2, 0.25) is 5.02 Å². The summed E-state index contributed by atoms with van der Waals surface area (Å²) in [4.78, 5) is 19.1. The molecule has 1 aromatic heterocycles. The smallest absolute Gasteiger partial charge is 0.262 e. The van der Waals surface area contributed by atoms with Crippen LogP contribution in [0.1, 0.15) is 5.56 Å². The highest BCUT2D eigenvalue weighted by Gasteiger charge is 2.20. The fourth-order valence-corrected chi connectivity index (χ4v) is 4.74. The van der Waals surface area contributed by atoms with E-state index >= 15 is 0 Å². The van der Waals surface area contributed by atoms with Crippen molar-refractivity contribution in [2.45, 2.75) is 11.3 Å². The number of hydrogen-bond acceptors (Lipinski definition) is 6. The Morgan fingerprint density at radius 2 is 1.87 bits per heavy atom. The quantitative estimate of drug-likeness (QED) is 0.559. The molecule has 0 unspecified atom stereocenters. The first-order valence-corrected chi connectivity index (χ1v) is 12.3. The van der Waals surface area contributed by atoms with Crippen molar-refractivity contribution in [3.05, 3.63) is 59.1 Å². The van der Waals surface area contributed by atoms with Crippen molar-refractivity contribution in [1.29, 1.82) is 0 Å². The third-order valence-corrected chi connectivity index (χ3v) is 6.68. The Balaban J connectivity index is 1.69. The number of ether oxygens (including phenoxy) is 1. The number of fused-ring (bicyclic) bond motifs is 1. The van der Waals surface area contributed by atoms with Gasteiger partial charge in [-0.2, -0.15) is 0 Å². The number of anilines is 2. The maximum absolute atomic E-state index is 12.6. The molecule has 1 N–H and O–H groups in total. The Labute approximate surface area is 189 Å². The third-order valence-electron chi connectivity index (χ3n) is 4.94. The lowest BCUT2D eigenvalue weighted by Crippen LogP contribution is -2.36. The van der Waals surface area contributed by atoms with Crippen LogP contribution in [0.25, 0.3) is 10.9 Å². The van der Waals surface area contributed by atoms with Crippen LogP contribution < -0.4 is 10.2 Å². The molecule has 7 nitrogen and oxygen atoms in total. The summed E-state index contributed by atoms with van der Waals surface area (Å²) in [6.07, 6.45) is 0.0436. The number of pyridine rings is 1. The summed E-state index contributed by atoms with van der Waals surface area (Å²) >= 11 is 6.13. The van der Waals surface area contributed by atoms with E-state index in [1.807, 2.05) is 0 Å². The van der Waals surface area contributed by atoms with Gasteiger partial charge in [-0.1, -0.05) is 29.8 Å². The number of aromatic nitrogens is 1. The van der Waals surface area contributed by atoms with Crippen LogP contribution in [0, 0.1) is 0 Å². The summed E-state index contributed by atoms with van der Waals surface area (Å²) in [6.45, 7) is 2.57. The molecule has 0 spiro atoms. The van der Waals surface area contributed by atoms with Gasteiger partial charge in [0.05, 0.1) is 30.0 Å². The Hall–Kier alpha value is -2.39. The minimum absolute atomic E-state index is 0.0436. The summed E-state index contributed by atoms with van der Waals surface area (Å²) in [7, 11) is 1.61. The molecule has 0 aliphatic carbocycles. The van der Waals surface area contributed by atoms with Crippen molar-refractivity contribution in [1.82, 2.24) is 4.98 Å². The van der Waals surface area contributed by atoms with Gasteiger partial charge >= 0.3 is 0 Å². The predicted octanol–water partition coefficient (Wildman–Crippen LogP) is 3.83. The van der Waals surface area contributed by atoms with Crippen molar-refractivity contribution in [2.24, 2.45) is 0 Å². The van der Waals surface area contributed by atoms with Crippen LogP contribution in [-0.4, -0.2) is 45.6 Å². The van der Waals surface area contributed by atoms with Crippen LogP contribution in [0.5, 0.6) is 0 Å². The number of amides is 1. The van der Waals surface area contributed by atoms with Gasteiger partial charge in [-0.05, 0) is 35.9 Å². The largest absolute Gasteiger partial charge is 0.378 e. The zero-order valence-corrected chi connectivity index (χ0v) is 18.7. The summed E-state index contributed by atoms with van der Waals surface area (Å²) in [6, 6.07) is 13.4. The second kappa shape index (κ2) is 9.00. The number of rotatable bonds is 5. The number of carbonyl (C=O) groups is 1. The molecule has 1 aliphatic heterocycles. The molecule has 3 aromatic rings. The average molecular weight is 480 g/mol. The third kappa shape index (κ3) is 5.10. The highest BCUT2D eigenvalue weighted by atomic mass is 35.7. The molecule has 0 saturated carbocycles. The maximum atomic E-state index is 12.6. The van der Waals surface area contributed by atoms with Gasteiger partial charge in [0.2, 0.25) is 5.91 Å². The lowest BCUT2D eigenvalue weighted by Gasteiger charge is -2.28. The molecule has 1 fully saturated rings. The molecule has 31 heavy (non-hydrogen) atoms. The first-order chi connectivity index (χ1) is 14.8. The van der Waals surface area contributed by atoms with E-state index in [1.165, 1.54) is 6.07 Å². The Kier molecular flexibility index (Phi) is 6.34. The van der Waals surface area contributed by atoms with E-state index in [4.69, 9.17) is 27.0 Å². The van der Waals surface area contributed by atoms with Crippen molar-refractivity contribution in [2.75, 3.05) is 36.5 Å². The number of benzene rings is 2. The molecule has 162 valence electrons. The predicted molar refractivity (Wildman–Crippen MR) is 122 cm³/mol. The minimum Gasteiger partial charge on any atom is -0.378 e. The van der Waals surface area contributed by atoms with Gasteiger partial charge in [0, 0.05) is 39.9 Å². The summed E-state index contributed by atoms with van der Waals surface area (Å²) in [5, 5.41) is 3.60. The molecule has 2 heterocycles. The van der Waals surface area contributed by atoms with E-state index in [9.17, 15) is 13.2 Å². The number of carbonyl (C=O) groups excluding carboxylic acids is 1. The first-order valence-electron chi connectivity index (χ1n) is 9.57. The lowest BCUT2D eigenvalue weighted by molar-refractivity contribution is -0.115. The van der Waals surface area contributed by atoms with E-state index in [2.05, 4.69) is 15.2 Å². The summed E-state index contributed by atoms with van der Waals surface area (Å²) in [5.41, 5.74) is 1.37. The van der Waals surface area contributed by atoms with E-state index in [-0.39, 0.29) is 22.9 Å². The number of morpholine rings is 1. The molecule has 1 amide bonds. The molecule has 1 aliphatic rings. The number of nitrogens with zero attached hydrogens (tertiary/aromatic N) is 2. The van der Waals surface area contributed by atoms with Crippen molar-refractivity contribution >= 4 is 59.6 Å². The highest BCUT2D eigenvalue weighted by molar-refractivity contribution is 8.14. The number of nitrogens with one attached hydrogen (secondary N) is 1. The van der Waals surface area contributed by atoms with Crippen LogP contribution in [-0.2, 0) is 25.0 Å². The average Bonchev–Trinajstić information content (AvgIpc) is 2.74. The molecular formula is C21H19Cl2N3O4S. The van der Waals surface area contributed by atoms with E-state index in [1.54, 1.807) is 42.5 Å². The van der Waals surface area contributed by atoms with E-state index < -0.39 is 9.05 Å². The van der Waals surface area contributed by atoms with Crippen LogP contribution in [0.3, 0.4) is 0 Å². The Morgan fingerprint density at radius 3 is 2.58 bits per heavy atom. The summed E-state index contributed by atoms with van der Waals surface area (Å²) in [5.74, 6) is 0.364. The fourth-order valence-electron chi connectivity index (χ4n) is 3.45. The van der Waals surface area contributed by atoms with Gasteiger partial charge in [0.1, 0.15) is 5.82 Å². The van der Waals surface area contributed by atoms with Gasteiger partial charge in [-0.25, -0.2) is 13.4 Å². The van der Waals surface area contributed by atoms with Gasteiger partial charge < -0.3 is 15.0 Å². The second-order valence-corrected chi connectivity index (χ2v) is 10.0. The fraction of sp³-hybridized carbons (Fsp3) is 0.238. The number of halogens is 2. The van der Waals surface area contributed by atoms with Crippen LogP contribution in [0.15, 0.2) is 53.4 Å². The second-order valence-electron chi connectivity index (χ2n) is 7.06. The van der Waals surface area contributed by atoms with Crippen LogP contribution >= 0.6 is 22.3 Å². The van der Waals surface area contributed by atoms with Gasteiger partial charge in [-0.15, -0.1) is 0 Å². The Bertz CT molecular complexity index is 1240. The van der Waals surface area contributed by atoms with Crippen molar-refractivity contribution < 1.29 is 17.9 Å². The maximum Gasteiger partial charge on any atom is 0.262 e. The molecule has 0 bridgehead atoms. The molecule has 4 rings (SSSR count). The van der Waals surface area contributed by atoms with Gasteiger partial charge in [-0.3, -0.25) is 4.79 Å². The molecule has 2 aromatic carbocycles. The topological polar surface area (TPSA) is 88.6 Å². The van der Waals surface area contributed by atoms with Crippen molar-refractivity contribution in [3.63, 3.8) is 0 Å². The monoisotopic (exact) mass is 479 g/mol. The molecule has 0 atom stereocenters. The molecule has 0 radical (unpaired) electrons. The standard InChI is InChI=1S/C21H19Cl2N3O4S/c22-17-4-2-1-3-14(17)11-21(27)24-15-12-18-16(19(13-15)31(23,28)29)5-6-20(25-18)26-7-9-30-10-8-26/h1-6,12-13H,7-11H2,(H,24,27). The molecular weight excluding hydrogens is 461 g/mol. The zero-order chi connectivity index (χ0) is 22.0. The van der Waals surface area contributed by atoms with E-state index in [0.29, 0.717) is 53.6 Å². The minimum atomic E-state index is -4.06.